The number of carbonyl (C=O) groups excluding carboxylic acids is 2. The highest BCUT2D eigenvalue weighted by Crippen LogP contribution is 2.27. The molecule has 3 aromatic heterocycles. The summed E-state index contributed by atoms with van der Waals surface area (Å²) >= 11 is 1.17. The lowest BCUT2D eigenvalue weighted by Gasteiger charge is -2.11. The summed E-state index contributed by atoms with van der Waals surface area (Å²) < 4.78 is 4.44. The number of nitrogens with one attached hydrogen (secondary N) is 2. The summed E-state index contributed by atoms with van der Waals surface area (Å²) in [7, 11) is 0. The third kappa shape index (κ3) is 8.25. The first-order valence-corrected chi connectivity index (χ1v) is 22.1. The number of amides is 2. The third-order valence-electron chi connectivity index (χ3n) is 11.8. The molecule has 63 heavy (non-hydrogen) atoms. The van der Waals surface area contributed by atoms with Crippen LogP contribution in [0.5, 0.6) is 0 Å². The van der Waals surface area contributed by atoms with E-state index in [0.29, 0.717) is 13.1 Å². The fourth-order valence-electron chi connectivity index (χ4n) is 8.30. The van der Waals surface area contributed by atoms with Crippen molar-refractivity contribution in [3.63, 3.8) is 0 Å². The Morgan fingerprint density at radius 3 is 1.41 bits per heavy atom. The van der Waals surface area contributed by atoms with E-state index in [0.717, 1.165) is 115 Å². The number of anilines is 2. The molecular weight excluding hydrogens is 803 g/mol. The van der Waals surface area contributed by atoms with E-state index < -0.39 is 0 Å². The minimum atomic E-state index is -0.300. The minimum Gasteiger partial charge on any atom is -0.398 e. The fraction of sp³-hybridized carbons (Fsp3) is 0.196. The largest absolute Gasteiger partial charge is 0.398 e. The van der Waals surface area contributed by atoms with Gasteiger partial charge in [-0.05, 0) is 111 Å². The predicted molar refractivity (Wildman–Crippen MR) is 253 cm³/mol. The summed E-state index contributed by atoms with van der Waals surface area (Å²) in [5, 5.41) is 7.90. The maximum absolute atomic E-state index is 13.1. The molecule has 0 radical (unpaired) electrons. The Morgan fingerprint density at radius 1 is 0.540 bits per heavy atom. The van der Waals surface area contributed by atoms with E-state index in [2.05, 4.69) is 87.1 Å². The molecule has 6 aromatic carbocycles. The van der Waals surface area contributed by atoms with Gasteiger partial charge in [-0.2, -0.15) is 0 Å². The Balaban J connectivity index is 0.821. The van der Waals surface area contributed by atoms with Crippen LogP contribution in [0.2, 0.25) is 0 Å². The standard InChI is InChI=1S/C51H47N9O2S/c1-30-21-40-45(59(36-15-7-5-8-16-36)47-27-38(52)32(3)23-42(47)56-40)25-34(30)13-11-19-54-49(61)44-29-63-51(58-44)50(62)55-20-12-14-35-26-46-41(22-31(35)2)57-43-24-33(4)39(53)28-48(43)60(46)37-17-9-6-10-18-37/h5-10,15-18,21-29,52-53H,11-14,19-20H2,1-4H3,(H2,54,55,61,62)/p+2. The second kappa shape index (κ2) is 17.2. The Hall–Kier alpha value is -7.31. The van der Waals surface area contributed by atoms with Crippen LogP contribution in [0.4, 0.5) is 11.4 Å². The number of nitrogen functional groups attached to an aromatic ring is 2. The number of nitrogens with zero attached hydrogens (tertiary/aromatic N) is 5. The van der Waals surface area contributed by atoms with Gasteiger partial charge in [-0.3, -0.25) is 9.59 Å². The lowest BCUT2D eigenvalue weighted by atomic mass is 10.0. The third-order valence-corrected chi connectivity index (χ3v) is 12.7. The predicted octanol–water partition coefficient (Wildman–Crippen LogP) is 8.22. The molecule has 3 heterocycles. The number of carbonyl (C=O) groups is 2. The van der Waals surface area contributed by atoms with Gasteiger partial charge in [0.25, 0.3) is 11.8 Å². The van der Waals surface area contributed by atoms with Gasteiger partial charge in [0.1, 0.15) is 27.8 Å². The van der Waals surface area contributed by atoms with Gasteiger partial charge in [0.15, 0.2) is 5.01 Å². The van der Waals surface area contributed by atoms with Gasteiger partial charge in [-0.1, -0.05) is 36.4 Å². The normalized spacial score (nSPS) is 11.5. The molecule has 12 heteroatoms. The molecule has 0 atom stereocenters. The number of hydrogen-bond acceptors (Lipinski definition) is 8. The van der Waals surface area contributed by atoms with Crippen molar-refractivity contribution in [2.45, 2.75) is 53.4 Å². The van der Waals surface area contributed by atoms with Crippen molar-refractivity contribution in [1.29, 1.82) is 0 Å². The monoisotopic (exact) mass is 851 g/mol. The van der Waals surface area contributed by atoms with E-state index in [1.165, 1.54) is 22.5 Å². The maximum atomic E-state index is 13.1. The summed E-state index contributed by atoms with van der Waals surface area (Å²) in [6.45, 7) is 9.12. The number of nitrogens with two attached hydrogens (primary N) is 2. The average molecular weight is 852 g/mol. The lowest BCUT2D eigenvalue weighted by Crippen LogP contribution is -2.33. The van der Waals surface area contributed by atoms with Gasteiger partial charge in [0.05, 0.1) is 0 Å². The Kier molecular flexibility index (Phi) is 11.2. The highest BCUT2D eigenvalue weighted by atomic mass is 32.1. The number of aromatic nitrogens is 5. The van der Waals surface area contributed by atoms with Gasteiger partial charge in [-0.15, -0.1) is 20.5 Å². The number of fused-ring (bicyclic) bond motifs is 4. The summed E-state index contributed by atoms with van der Waals surface area (Å²) in [6, 6.07) is 37.2. The Morgan fingerprint density at radius 2 is 0.952 bits per heavy atom. The molecule has 0 saturated heterocycles. The van der Waals surface area contributed by atoms with Crippen molar-refractivity contribution in [2.75, 3.05) is 24.6 Å². The first-order chi connectivity index (χ1) is 30.5. The number of hydrogen-bond donors (Lipinski definition) is 4. The highest BCUT2D eigenvalue weighted by molar-refractivity contribution is 7.11. The van der Waals surface area contributed by atoms with Crippen LogP contribution in [-0.4, -0.2) is 39.9 Å². The van der Waals surface area contributed by atoms with Crippen molar-refractivity contribution in [3.8, 4) is 11.4 Å². The summed E-state index contributed by atoms with van der Waals surface area (Å²) in [5.74, 6) is -0.593. The summed E-state index contributed by atoms with van der Waals surface area (Å²) in [5.41, 5.74) is 30.5. The maximum Gasteiger partial charge on any atom is 0.280 e. The zero-order chi connectivity index (χ0) is 43.8. The number of para-hydroxylation sites is 2. The molecule has 0 aliphatic carbocycles. The Bertz CT molecular complexity index is 3030. The quantitative estimate of drug-likeness (QED) is 0.0418. The zero-order valence-corrected chi connectivity index (χ0v) is 36.6. The molecule has 0 saturated carbocycles. The molecule has 0 aliphatic heterocycles. The van der Waals surface area contributed by atoms with Crippen LogP contribution < -0.4 is 31.2 Å². The van der Waals surface area contributed by atoms with Gasteiger partial charge < -0.3 is 22.1 Å². The smallest absolute Gasteiger partial charge is 0.280 e. The van der Waals surface area contributed by atoms with Crippen LogP contribution in [-0.2, 0) is 12.8 Å². The van der Waals surface area contributed by atoms with Crippen molar-refractivity contribution in [3.05, 3.63) is 159 Å². The fourth-order valence-corrected chi connectivity index (χ4v) is 9.01. The van der Waals surface area contributed by atoms with Crippen molar-refractivity contribution < 1.29 is 18.7 Å². The Labute approximate surface area is 369 Å². The molecule has 0 unspecified atom stereocenters. The molecule has 0 spiro atoms. The molecule has 6 N–H and O–H groups in total. The molecule has 9 aromatic rings. The van der Waals surface area contributed by atoms with E-state index in [1.807, 2.05) is 74.5 Å². The van der Waals surface area contributed by atoms with Gasteiger partial charge in [0.2, 0.25) is 33.4 Å². The van der Waals surface area contributed by atoms with Crippen molar-refractivity contribution >= 4 is 78.7 Å². The molecule has 9 rings (SSSR count). The number of rotatable bonds is 12. The molecule has 2 amide bonds. The van der Waals surface area contributed by atoms with Gasteiger partial charge >= 0.3 is 0 Å². The van der Waals surface area contributed by atoms with E-state index >= 15 is 0 Å². The van der Waals surface area contributed by atoms with Crippen LogP contribution >= 0.6 is 11.3 Å². The second-order valence-corrected chi connectivity index (χ2v) is 17.1. The van der Waals surface area contributed by atoms with E-state index in [1.54, 1.807) is 5.38 Å². The topological polar surface area (TPSA) is 157 Å². The second-order valence-electron chi connectivity index (χ2n) is 16.3. The minimum absolute atomic E-state index is 0.236. The lowest BCUT2D eigenvalue weighted by molar-refractivity contribution is -0.538. The van der Waals surface area contributed by atoms with Crippen molar-refractivity contribution in [1.82, 2.24) is 25.6 Å². The first kappa shape index (κ1) is 41.1. The zero-order valence-electron chi connectivity index (χ0n) is 35.8. The van der Waals surface area contributed by atoms with Crippen LogP contribution in [0, 0.1) is 27.7 Å². The van der Waals surface area contributed by atoms with Crippen molar-refractivity contribution in [2.24, 2.45) is 0 Å². The van der Waals surface area contributed by atoms with Crippen LogP contribution in [0.1, 0.15) is 66.5 Å². The molecule has 314 valence electrons. The van der Waals surface area contributed by atoms with Crippen LogP contribution in [0.3, 0.4) is 0 Å². The number of thiazole rings is 1. The molecule has 0 bridgehead atoms. The molecule has 0 aliphatic rings. The number of benzene rings is 6. The molecule has 11 nitrogen and oxygen atoms in total. The highest BCUT2D eigenvalue weighted by Gasteiger charge is 2.24. The molecule has 0 fully saturated rings. The summed E-state index contributed by atoms with van der Waals surface area (Å²) in [4.78, 5) is 40.7. The van der Waals surface area contributed by atoms with E-state index in [4.69, 9.17) is 21.4 Å². The molecular formula is C51H49N9O2S+2. The van der Waals surface area contributed by atoms with Gasteiger partial charge in [0, 0.05) is 78.4 Å². The van der Waals surface area contributed by atoms with E-state index in [9.17, 15) is 9.59 Å². The first-order valence-electron chi connectivity index (χ1n) is 21.3. The van der Waals surface area contributed by atoms with Gasteiger partial charge in [-0.25, -0.2) is 15.0 Å². The average Bonchev–Trinajstić information content (AvgIpc) is 3.78. The number of aryl methyl sites for hydroxylation is 6. The summed E-state index contributed by atoms with van der Waals surface area (Å²) in [6.07, 6.45) is 2.95. The van der Waals surface area contributed by atoms with Crippen LogP contribution in [0.25, 0.3) is 55.5 Å². The van der Waals surface area contributed by atoms with Crippen LogP contribution in [0.15, 0.2) is 115 Å². The van der Waals surface area contributed by atoms with E-state index in [-0.39, 0.29) is 22.5 Å². The SMILES string of the molecule is Cc1cc2nc3cc(C)c(CCCNC(=O)c4csc(C(=O)NCCCc5cc6c(cc5C)nc5cc(C)c(N)cc5[n+]6-c5ccccc5)n4)cc3[n+](-c3ccccc3)c2cc1N.